The van der Waals surface area contributed by atoms with Gasteiger partial charge in [0.15, 0.2) is 11.5 Å². The standard InChI is InChI=1S/C20H24F2N6O2S/c1-31(29,30)9-3-5-14-4-2-8-27(12-14)17-6-7-23-20(26-17)16-10-25-18-11-24-15(19(21)22)13-28(16)18/h6-7,10-11,13-14,19H,2-5,8-9,12H2,1H3. The zero-order chi connectivity index (χ0) is 22.0. The van der Waals surface area contributed by atoms with Gasteiger partial charge >= 0.3 is 0 Å². The quantitative estimate of drug-likeness (QED) is 0.546. The van der Waals surface area contributed by atoms with E-state index in [1.807, 2.05) is 6.07 Å². The molecule has 1 atom stereocenters. The van der Waals surface area contributed by atoms with Gasteiger partial charge in [-0.1, -0.05) is 0 Å². The van der Waals surface area contributed by atoms with Gasteiger partial charge in [-0.2, -0.15) is 0 Å². The van der Waals surface area contributed by atoms with Crippen LogP contribution in [0.15, 0.2) is 30.9 Å². The molecule has 0 aliphatic carbocycles. The lowest BCUT2D eigenvalue weighted by Crippen LogP contribution is -2.36. The number of imidazole rings is 1. The fraction of sp³-hybridized carbons (Fsp3) is 0.500. The molecule has 0 radical (unpaired) electrons. The molecular weight excluding hydrogens is 426 g/mol. The number of halogens is 2. The highest BCUT2D eigenvalue weighted by Crippen LogP contribution is 2.27. The molecule has 1 saturated heterocycles. The van der Waals surface area contributed by atoms with Crippen molar-refractivity contribution in [1.82, 2.24) is 24.3 Å². The van der Waals surface area contributed by atoms with Gasteiger partial charge in [0.05, 0.1) is 12.4 Å². The van der Waals surface area contributed by atoms with Crippen molar-refractivity contribution in [2.75, 3.05) is 30.0 Å². The van der Waals surface area contributed by atoms with Gasteiger partial charge in [-0.3, -0.25) is 4.40 Å². The minimum Gasteiger partial charge on any atom is -0.356 e. The molecule has 166 valence electrons. The van der Waals surface area contributed by atoms with Crippen molar-refractivity contribution in [3.63, 3.8) is 0 Å². The number of hydrogen-bond donors (Lipinski definition) is 0. The average Bonchev–Trinajstić information content (AvgIpc) is 3.16. The van der Waals surface area contributed by atoms with E-state index in [2.05, 4.69) is 24.8 Å². The van der Waals surface area contributed by atoms with Crippen LogP contribution >= 0.6 is 0 Å². The third-order valence-electron chi connectivity index (χ3n) is 5.48. The van der Waals surface area contributed by atoms with Crippen LogP contribution in [0.4, 0.5) is 14.6 Å². The van der Waals surface area contributed by atoms with E-state index in [9.17, 15) is 17.2 Å². The number of piperidine rings is 1. The van der Waals surface area contributed by atoms with Crippen molar-refractivity contribution >= 4 is 21.3 Å². The van der Waals surface area contributed by atoms with E-state index in [1.54, 1.807) is 12.4 Å². The summed E-state index contributed by atoms with van der Waals surface area (Å²) in [7, 11) is -2.94. The summed E-state index contributed by atoms with van der Waals surface area (Å²) in [6, 6.07) is 1.83. The summed E-state index contributed by atoms with van der Waals surface area (Å²) in [5.74, 6) is 1.78. The molecule has 0 N–H and O–H groups in total. The first kappa shape index (κ1) is 21.5. The fourth-order valence-corrected chi connectivity index (χ4v) is 4.67. The topological polar surface area (TPSA) is 93.4 Å². The Morgan fingerprint density at radius 2 is 2.06 bits per heavy atom. The number of hydrogen-bond acceptors (Lipinski definition) is 7. The lowest BCUT2D eigenvalue weighted by atomic mass is 9.94. The van der Waals surface area contributed by atoms with Crippen molar-refractivity contribution in [1.29, 1.82) is 0 Å². The van der Waals surface area contributed by atoms with Crippen LogP contribution < -0.4 is 4.90 Å². The van der Waals surface area contributed by atoms with E-state index in [0.717, 1.165) is 38.2 Å². The summed E-state index contributed by atoms with van der Waals surface area (Å²) in [6.07, 6.45) is 7.94. The van der Waals surface area contributed by atoms with Gasteiger partial charge in [0.2, 0.25) is 0 Å². The van der Waals surface area contributed by atoms with E-state index in [-0.39, 0.29) is 11.4 Å². The molecule has 1 aliphatic heterocycles. The zero-order valence-electron chi connectivity index (χ0n) is 17.2. The van der Waals surface area contributed by atoms with Crippen molar-refractivity contribution in [3.8, 4) is 11.5 Å². The Morgan fingerprint density at radius 1 is 1.23 bits per heavy atom. The van der Waals surface area contributed by atoms with Gasteiger partial charge in [0.25, 0.3) is 6.43 Å². The summed E-state index contributed by atoms with van der Waals surface area (Å²) in [4.78, 5) is 19.1. The Labute approximate surface area is 179 Å². The molecule has 3 aromatic rings. The Morgan fingerprint density at radius 3 is 2.84 bits per heavy atom. The zero-order valence-corrected chi connectivity index (χ0v) is 18.0. The highest BCUT2D eigenvalue weighted by atomic mass is 32.2. The van der Waals surface area contributed by atoms with E-state index in [4.69, 9.17) is 0 Å². The molecule has 0 saturated carbocycles. The first-order valence-corrected chi connectivity index (χ1v) is 12.2. The number of anilines is 1. The van der Waals surface area contributed by atoms with Crippen LogP contribution in [0.3, 0.4) is 0 Å². The van der Waals surface area contributed by atoms with Gasteiger partial charge in [-0.15, -0.1) is 0 Å². The first-order chi connectivity index (χ1) is 14.8. The van der Waals surface area contributed by atoms with Gasteiger partial charge in [-0.05, 0) is 37.7 Å². The Bertz CT molecular complexity index is 1170. The molecule has 1 aliphatic rings. The number of rotatable bonds is 7. The van der Waals surface area contributed by atoms with Crippen LogP contribution in [-0.2, 0) is 9.84 Å². The number of sulfone groups is 1. The highest BCUT2D eigenvalue weighted by molar-refractivity contribution is 7.90. The third kappa shape index (κ3) is 5.15. The van der Waals surface area contributed by atoms with Crippen molar-refractivity contribution < 1.29 is 17.2 Å². The second kappa shape index (κ2) is 8.81. The van der Waals surface area contributed by atoms with E-state index in [1.165, 1.54) is 23.1 Å². The number of fused-ring (bicyclic) bond motifs is 1. The van der Waals surface area contributed by atoms with E-state index in [0.29, 0.717) is 29.5 Å². The predicted molar refractivity (Wildman–Crippen MR) is 113 cm³/mol. The Hall–Kier alpha value is -2.69. The van der Waals surface area contributed by atoms with E-state index < -0.39 is 16.3 Å². The molecule has 0 bridgehead atoms. The molecule has 8 nitrogen and oxygen atoms in total. The van der Waals surface area contributed by atoms with Crippen LogP contribution in [0.2, 0.25) is 0 Å². The molecule has 1 fully saturated rings. The second-order valence-corrected chi connectivity index (χ2v) is 10.2. The minimum absolute atomic E-state index is 0.213. The summed E-state index contributed by atoms with van der Waals surface area (Å²) >= 11 is 0. The smallest absolute Gasteiger partial charge is 0.281 e. The summed E-state index contributed by atoms with van der Waals surface area (Å²) < 4.78 is 50.4. The lowest BCUT2D eigenvalue weighted by Gasteiger charge is -2.33. The molecule has 4 heterocycles. The lowest BCUT2D eigenvalue weighted by molar-refractivity contribution is 0.145. The third-order valence-corrected chi connectivity index (χ3v) is 6.51. The van der Waals surface area contributed by atoms with Gasteiger partial charge in [0.1, 0.15) is 27.0 Å². The molecule has 0 spiro atoms. The Kier molecular flexibility index (Phi) is 6.12. The van der Waals surface area contributed by atoms with Gasteiger partial charge in [0, 0.05) is 37.5 Å². The molecule has 3 aromatic heterocycles. The van der Waals surface area contributed by atoms with Crippen molar-refractivity contribution in [2.24, 2.45) is 5.92 Å². The van der Waals surface area contributed by atoms with Crippen LogP contribution in [0.1, 0.15) is 37.8 Å². The largest absolute Gasteiger partial charge is 0.356 e. The first-order valence-electron chi connectivity index (χ1n) is 10.2. The molecule has 31 heavy (non-hydrogen) atoms. The Balaban J connectivity index is 1.53. The van der Waals surface area contributed by atoms with Crippen LogP contribution in [0.25, 0.3) is 17.2 Å². The molecular formula is C20H24F2N6O2S. The van der Waals surface area contributed by atoms with Crippen molar-refractivity contribution in [3.05, 3.63) is 36.5 Å². The SMILES string of the molecule is CS(=O)(=O)CCCC1CCCN(c2ccnc(-c3cnc4cnc(C(F)F)cn34)n2)C1. The maximum atomic E-state index is 13.1. The minimum atomic E-state index is -2.94. The van der Waals surface area contributed by atoms with Crippen LogP contribution in [-0.4, -0.2) is 57.9 Å². The molecule has 0 aromatic carbocycles. The molecule has 4 rings (SSSR count). The monoisotopic (exact) mass is 450 g/mol. The number of aromatic nitrogens is 5. The number of nitrogens with zero attached hydrogens (tertiary/aromatic N) is 6. The second-order valence-electron chi connectivity index (χ2n) is 7.95. The molecule has 0 amide bonds. The summed E-state index contributed by atoms with van der Waals surface area (Å²) in [5, 5.41) is 0. The van der Waals surface area contributed by atoms with E-state index >= 15 is 0 Å². The predicted octanol–water partition coefficient (Wildman–Crippen LogP) is 3.17. The van der Waals surface area contributed by atoms with Gasteiger partial charge < -0.3 is 4.90 Å². The average molecular weight is 451 g/mol. The van der Waals surface area contributed by atoms with Crippen LogP contribution in [0, 0.1) is 5.92 Å². The number of alkyl halides is 2. The maximum Gasteiger partial charge on any atom is 0.281 e. The van der Waals surface area contributed by atoms with Gasteiger partial charge in [-0.25, -0.2) is 37.1 Å². The molecule has 11 heteroatoms. The highest BCUT2D eigenvalue weighted by Gasteiger charge is 2.22. The van der Waals surface area contributed by atoms with Crippen LogP contribution in [0.5, 0.6) is 0 Å². The fourth-order valence-electron chi connectivity index (χ4n) is 3.97. The summed E-state index contributed by atoms with van der Waals surface area (Å²) in [5.41, 5.74) is 0.621. The van der Waals surface area contributed by atoms with Crippen molar-refractivity contribution in [2.45, 2.75) is 32.1 Å². The molecule has 1 unspecified atom stereocenters. The maximum absolute atomic E-state index is 13.1. The normalized spacial score (nSPS) is 17.5. The summed E-state index contributed by atoms with van der Waals surface area (Å²) in [6.45, 7) is 1.65.